The maximum absolute atomic E-state index is 13.0. The van der Waals surface area contributed by atoms with Crippen LogP contribution in [0.15, 0.2) is 12.2 Å². The van der Waals surface area contributed by atoms with Gasteiger partial charge in [0.15, 0.2) is 6.29 Å². The number of rotatable bonds is 44. The van der Waals surface area contributed by atoms with Gasteiger partial charge in [-0.3, -0.25) is 4.79 Å². The molecule has 60 heavy (non-hydrogen) atoms. The van der Waals surface area contributed by atoms with Gasteiger partial charge in [-0.25, -0.2) is 0 Å². The van der Waals surface area contributed by atoms with Gasteiger partial charge in [0.2, 0.25) is 5.91 Å². The molecule has 9 heteroatoms. The molecule has 1 amide bonds. The Labute approximate surface area is 369 Å². The van der Waals surface area contributed by atoms with Gasteiger partial charge < -0.3 is 40.3 Å². The van der Waals surface area contributed by atoms with Crippen molar-refractivity contribution < 1.29 is 39.8 Å². The molecule has 0 spiro atoms. The number of carbonyl (C=O) groups excluding carboxylic acids is 1. The highest BCUT2D eigenvalue weighted by molar-refractivity contribution is 5.76. The van der Waals surface area contributed by atoms with Crippen LogP contribution in [0.1, 0.15) is 251 Å². The molecule has 9 nitrogen and oxygen atoms in total. The van der Waals surface area contributed by atoms with Crippen LogP contribution in [-0.4, -0.2) is 87.5 Å². The second-order valence-corrected chi connectivity index (χ2v) is 18.3. The van der Waals surface area contributed by atoms with Crippen LogP contribution in [0.25, 0.3) is 0 Å². The second kappa shape index (κ2) is 41.9. The first-order valence-electron chi connectivity index (χ1n) is 25.9. The largest absolute Gasteiger partial charge is 0.394 e. The molecular formula is C51H99NO8. The van der Waals surface area contributed by atoms with Crippen molar-refractivity contribution in [3.63, 3.8) is 0 Å². The first-order valence-corrected chi connectivity index (χ1v) is 25.9. The number of aliphatic hydroxyl groups excluding tert-OH is 5. The minimum absolute atomic E-state index is 0.172. The van der Waals surface area contributed by atoms with Crippen molar-refractivity contribution in [3.05, 3.63) is 12.2 Å². The second-order valence-electron chi connectivity index (χ2n) is 18.3. The van der Waals surface area contributed by atoms with Crippen LogP contribution in [0.5, 0.6) is 0 Å². The lowest BCUT2D eigenvalue weighted by atomic mass is 9.99. The zero-order valence-corrected chi connectivity index (χ0v) is 39.2. The van der Waals surface area contributed by atoms with Gasteiger partial charge in [0.25, 0.3) is 0 Å². The third kappa shape index (κ3) is 31.7. The summed E-state index contributed by atoms with van der Waals surface area (Å²) in [6.45, 7) is 3.81. The third-order valence-electron chi connectivity index (χ3n) is 12.6. The predicted octanol–water partition coefficient (Wildman–Crippen LogP) is 11.7. The average Bonchev–Trinajstić information content (AvgIpc) is 3.25. The number of allylic oxidation sites excluding steroid dienone is 1. The zero-order valence-electron chi connectivity index (χ0n) is 39.2. The van der Waals surface area contributed by atoms with Gasteiger partial charge >= 0.3 is 0 Å². The number of hydrogen-bond acceptors (Lipinski definition) is 8. The van der Waals surface area contributed by atoms with Gasteiger partial charge in [0.1, 0.15) is 24.4 Å². The Morgan fingerprint density at radius 3 is 1.30 bits per heavy atom. The number of unbranched alkanes of at least 4 members (excludes halogenated alkanes) is 34. The van der Waals surface area contributed by atoms with E-state index in [2.05, 4.69) is 19.2 Å². The third-order valence-corrected chi connectivity index (χ3v) is 12.6. The van der Waals surface area contributed by atoms with E-state index in [0.717, 1.165) is 38.5 Å². The van der Waals surface area contributed by atoms with E-state index < -0.39 is 49.5 Å². The average molecular weight is 854 g/mol. The Bertz CT molecular complexity index is 950. The number of aliphatic hydroxyl groups is 5. The van der Waals surface area contributed by atoms with E-state index in [9.17, 15) is 30.3 Å². The van der Waals surface area contributed by atoms with E-state index in [4.69, 9.17) is 9.47 Å². The highest BCUT2D eigenvalue weighted by atomic mass is 16.7. The summed E-state index contributed by atoms with van der Waals surface area (Å²) in [5.74, 6) is -0.172. The Balaban J connectivity index is 2.28. The molecule has 0 radical (unpaired) electrons. The molecule has 7 atom stereocenters. The molecule has 2 unspecified atom stereocenters. The van der Waals surface area contributed by atoms with E-state index in [-0.39, 0.29) is 12.5 Å². The van der Waals surface area contributed by atoms with Crippen LogP contribution in [0.3, 0.4) is 0 Å². The summed E-state index contributed by atoms with van der Waals surface area (Å²) in [6, 6.07) is -0.799. The fourth-order valence-electron chi connectivity index (χ4n) is 8.45. The fourth-order valence-corrected chi connectivity index (χ4v) is 8.45. The normalized spacial score (nSPS) is 20.6. The van der Waals surface area contributed by atoms with Crippen molar-refractivity contribution in [2.45, 2.75) is 294 Å². The van der Waals surface area contributed by atoms with E-state index >= 15 is 0 Å². The Kier molecular flexibility index (Phi) is 39.8. The Morgan fingerprint density at radius 2 is 0.917 bits per heavy atom. The van der Waals surface area contributed by atoms with Gasteiger partial charge in [-0.05, 0) is 19.3 Å². The molecule has 0 aliphatic carbocycles. The van der Waals surface area contributed by atoms with Crippen LogP contribution in [0.4, 0.5) is 0 Å². The predicted molar refractivity (Wildman–Crippen MR) is 249 cm³/mol. The number of ether oxygens (including phenoxy) is 2. The highest BCUT2D eigenvalue weighted by Gasteiger charge is 2.44. The standard InChI is InChI=1S/C51H99NO8/c1-3-5-7-9-11-13-15-17-19-21-22-23-25-27-29-31-33-35-37-39-41-47(55)52-44(43-59-51-50(58)49(57)48(56)46(42-53)60-51)45(54)40-38-36-34-32-30-28-26-24-20-18-16-14-12-10-8-6-4-2/h38,40,44-46,48-51,53-54,56-58H,3-37,39,41-43H2,1-2H3,(H,52,55)/b40-38+/t44-,45+,46+,48+,49?,50?,51+/m0/s1. The summed E-state index contributed by atoms with van der Waals surface area (Å²) in [4.78, 5) is 13.0. The van der Waals surface area contributed by atoms with Crippen LogP contribution in [-0.2, 0) is 14.3 Å². The SMILES string of the molecule is CCCCCCCCCCCCCCCCC/C=C/[C@@H](O)[C@H](CO[C@@H]1O[C@H](CO)[C@@H](O)C(O)C1O)NC(=O)CCCCCCCCCCCCCCCCCCCCCC. The van der Waals surface area contributed by atoms with Crippen LogP contribution in [0.2, 0.25) is 0 Å². The lowest BCUT2D eigenvalue weighted by molar-refractivity contribution is -0.302. The monoisotopic (exact) mass is 854 g/mol. The lowest BCUT2D eigenvalue weighted by Gasteiger charge is -2.40. The zero-order chi connectivity index (χ0) is 43.7. The fraction of sp³-hybridized carbons (Fsp3) is 0.941. The molecule has 1 heterocycles. The lowest BCUT2D eigenvalue weighted by Crippen LogP contribution is -2.60. The minimum atomic E-state index is -1.56. The Hall–Kier alpha value is -1.07. The molecular weight excluding hydrogens is 755 g/mol. The summed E-state index contributed by atoms with van der Waals surface area (Å²) in [5, 5.41) is 54.3. The van der Waals surface area contributed by atoms with E-state index in [1.807, 2.05) is 6.08 Å². The molecule has 1 aliphatic heterocycles. The molecule has 0 aromatic heterocycles. The van der Waals surface area contributed by atoms with Crippen molar-refractivity contribution in [2.24, 2.45) is 0 Å². The molecule has 356 valence electrons. The van der Waals surface area contributed by atoms with Crippen LogP contribution >= 0.6 is 0 Å². The van der Waals surface area contributed by atoms with E-state index in [1.54, 1.807) is 6.08 Å². The number of hydrogen-bond donors (Lipinski definition) is 6. The van der Waals surface area contributed by atoms with Crippen LogP contribution in [0, 0.1) is 0 Å². The molecule has 6 N–H and O–H groups in total. The summed E-state index contributed by atoms with van der Waals surface area (Å²) >= 11 is 0. The molecule has 0 aromatic rings. The van der Waals surface area contributed by atoms with Crippen molar-refractivity contribution in [1.29, 1.82) is 0 Å². The summed E-state index contributed by atoms with van der Waals surface area (Å²) in [6.07, 6.45) is 42.6. The molecule has 1 aliphatic rings. The molecule has 0 aromatic carbocycles. The summed E-state index contributed by atoms with van der Waals surface area (Å²) < 4.78 is 11.2. The molecule has 1 rings (SSSR count). The summed E-state index contributed by atoms with van der Waals surface area (Å²) in [5.41, 5.74) is 0. The van der Waals surface area contributed by atoms with Crippen LogP contribution < -0.4 is 5.32 Å². The smallest absolute Gasteiger partial charge is 0.220 e. The van der Waals surface area contributed by atoms with Crippen molar-refractivity contribution >= 4 is 5.91 Å². The summed E-state index contributed by atoms with van der Waals surface area (Å²) in [7, 11) is 0. The first kappa shape index (κ1) is 56.9. The quantitative estimate of drug-likeness (QED) is 0.0262. The number of nitrogens with one attached hydrogen (secondary N) is 1. The minimum Gasteiger partial charge on any atom is -0.394 e. The van der Waals surface area contributed by atoms with Gasteiger partial charge in [-0.15, -0.1) is 0 Å². The molecule has 0 saturated carbocycles. The highest BCUT2D eigenvalue weighted by Crippen LogP contribution is 2.23. The number of amides is 1. The molecule has 0 bridgehead atoms. The van der Waals surface area contributed by atoms with E-state index in [1.165, 1.54) is 193 Å². The van der Waals surface area contributed by atoms with Gasteiger partial charge in [0, 0.05) is 6.42 Å². The van der Waals surface area contributed by atoms with Gasteiger partial charge in [-0.1, -0.05) is 238 Å². The first-order chi connectivity index (χ1) is 29.3. The van der Waals surface area contributed by atoms with Crippen molar-refractivity contribution in [1.82, 2.24) is 5.32 Å². The molecule has 1 saturated heterocycles. The van der Waals surface area contributed by atoms with Crippen molar-refractivity contribution in [3.8, 4) is 0 Å². The maximum atomic E-state index is 13.0. The molecule has 1 fully saturated rings. The van der Waals surface area contributed by atoms with Gasteiger partial charge in [0.05, 0.1) is 25.4 Å². The topological polar surface area (TPSA) is 149 Å². The number of carbonyl (C=O) groups is 1. The van der Waals surface area contributed by atoms with E-state index in [0.29, 0.717) is 6.42 Å². The van der Waals surface area contributed by atoms with Gasteiger partial charge in [-0.2, -0.15) is 0 Å². The van der Waals surface area contributed by atoms with Crippen molar-refractivity contribution in [2.75, 3.05) is 13.2 Å². The maximum Gasteiger partial charge on any atom is 0.220 e. The Morgan fingerprint density at radius 1 is 0.550 bits per heavy atom.